The van der Waals surface area contributed by atoms with E-state index in [-0.39, 0.29) is 18.4 Å². The van der Waals surface area contributed by atoms with Crippen molar-refractivity contribution in [3.05, 3.63) is 84.2 Å². The number of nitrogens with zero attached hydrogens (tertiary/aromatic N) is 5. The van der Waals surface area contributed by atoms with E-state index in [2.05, 4.69) is 33.1 Å². The lowest BCUT2D eigenvalue weighted by Crippen LogP contribution is -2.66. The van der Waals surface area contributed by atoms with Gasteiger partial charge in [0.1, 0.15) is 12.6 Å². The van der Waals surface area contributed by atoms with Crippen LogP contribution in [-0.2, 0) is 22.7 Å². The molecule has 7 heteroatoms. The number of piperazine rings is 2. The zero-order valence-corrected chi connectivity index (χ0v) is 18.8. The summed E-state index contributed by atoms with van der Waals surface area (Å²) in [5.41, 5.74) is 4.02. The van der Waals surface area contributed by atoms with Crippen LogP contribution in [0.25, 0.3) is 21.8 Å². The summed E-state index contributed by atoms with van der Waals surface area (Å²) in [6.45, 7) is 3.14. The van der Waals surface area contributed by atoms with Gasteiger partial charge in [0.05, 0.1) is 11.0 Å². The average Bonchev–Trinajstić information content (AvgIpc) is 2.87. The molecule has 0 radical (unpaired) electrons. The Hall–Kier alpha value is -3.84. The zero-order valence-electron chi connectivity index (χ0n) is 18.8. The van der Waals surface area contributed by atoms with Crippen molar-refractivity contribution in [2.24, 2.45) is 0 Å². The number of aromatic nitrogens is 2. The first-order chi connectivity index (χ1) is 16.6. The standard InChI is InChI=1S/C27H25N5O2/c33-26-18-31(16-20-13-21-4-1-2-6-23(21)29-14-20)27(34)25-17-30(10-11-32(25)26)15-19-7-8-24-22(12-19)5-3-9-28-24/h1-9,12-14,25H,10-11,15-18H2. The summed E-state index contributed by atoms with van der Waals surface area (Å²) in [5.74, 6) is 0.0370. The number of hydrogen-bond donors (Lipinski definition) is 0. The number of carbonyl (C=O) groups is 2. The Balaban J connectivity index is 1.18. The van der Waals surface area contributed by atoms with E-state index in [1.807, 2.05) is 42.5 Å². The molecule has 4 aromatic rings. The number of pyridine rings is 2. The van der Waals surface area contributed by atoms with Crippen LogP contribution in [0, 0.1) is 0 Å². The van der Waals surface area contributed by atoms with Gasteiger partial charge in [-0.15, -0.1) is 0 Å². The van der Waals surface area contributed by atoms with Gasteiger partial charge < -0.3 is 9.80 Å². The molecular weight excluding hydrogens is 426 g/mol. The Morgan fingerprint density at radius 2 is 1.62 bits per heavy atom. The summed E-state index contributed by atoms with van der Waals surface area (Å²) in [7, 11) is 0. The molecule has 0 aliphatic carbocycles. The average molecular weight is 452 g/mol. The second-order valence-corrected chi connectivity index (χ2v) is 9.10. The molecule has 34 heavy (non-hydrogen) atoms. The molecule has 0 saturated carbocycles. The molecule has 2 fully saturated rings. The Bertz CT molecular complexity index is 1400. The smallest absolute Gasteiger partial charge is 0.247 e. The molecular formula is C27H25N5O2. The maximum atomic E-state index is 13.4. The SMILES string of the molecule is O=C1C2CN(Cc3ccc4ncccc4c3)CCN2C(=O)CN1Cc1cnc2ccccc2c1. The minimum atomic E-state index is -0.439. The van der Waals surface area contributed by atoms with E-state index >= 15 is 0 Å². The predicted molar refractivity (Wildman–Crippen MR) is 130 cm³/mol. The second-order valence-electron chi connectivity index (χ2n) is 9.10. The third kappa shape index (κ3) is 3.88. The lowest BCUT2D eigenvalue weighted by atomic mass is 10.0. The minimum absolute atomic E-state index is 0.0140. The number of hydrogen-bond acceptors (Lipinski definition) is 5. The largest absolute Gasteiger partial charge is 0.327 e. The zero-order chi connectivity index (χ0) is 23.1. The van der Waals surface area contributed by atoms with E-state index in [4.69, 9.17) is 0 Å². The highest BCUT2D eigenvalue weighted by Crippen LogP contribution is 2.23. The number of amides is 2. The number of benzene rings is 2. The molecule has 7 nitrogen and oxygen atoms in total. The Labute approximate surface area is 197 Å². The highest BCUT2D eigenvalue weighted by Gasteiger charge is 2.42. The van der Waals surface area contributed by atoms with Crippen LogP contribution in [0.2, 0.25) is 0 Å². The second kappa shape index (κ2) is 8.50. The number of carbonyl (C=O) groups excluding carboxylic acids is 2. The third-order valence-electron chi connectivity index (χ3n) is 6.80. The summed E-state index contributed by atoms with van der Waals surface area (Å²) in [6, 6.07) is 19.8. The maximum Gasteiger partial charge on any atom is 0.247 e. The summed E-state index contributed by atoms with van der Waals surface area (Å²) in [4.78, 5) is 40.9. The van der Waals surface area contributed by atoms with Gasteiger partial charge in [-0.05, 0) is 41.5 Å². The fourth-order valence-corrected chi connectivity index (χ4v) is 5.07. The van der Waals surface area contributed by atoms with Crippen LogP contribution in [-0.4, -0.2) is 68.7 Å². The van der Waals surface area contributed by atoms with E-state index in [1.165, 1.54) is 5.56 Å². The topological polar surface area (TPSA) is 69.6 Å². The van der Waals surface area contributed by atoms with Gasteiger partial charge in [0.2, 0.25) is 11.8 Å². The van der Waals surface area contributed by atoms with E-state index in [0.29, 0.717) is 19.6 Å². The van der Waals surface area contributed by atoms with Crippen LogP contribution in [0.4, 0.5) is 0 Å². The molecule has 0 N–H and O–H groups in total. The molecule has 1 atom stereocenters. The molecule has 0 bridgehead atoms. The van der Waals surface area contributed by atoms with Crippen molar-refractivity contribution in [1.82, 2.24) is 24.7 Å². The van der Waals surface area contributed by atoms with Gasteiger partial charge >= 0.3 is 0 Å². The molecule has 2 aromatic heterocycles. The van der Waals surface area contributed by atoms with Crippen LogP contribution in [0.5, 0.6) is 0 Å². The van der Waals surface area contributed by atoms with Crippen molar-refractivity contribution in [3.8, 4) is 0 Å². The lowest BCUT2D eigenvalue weighted by Gasteiger charge is -2.46. The Morgan fingerprint density at radius 3 is 2.53 bits per heavy atom. The molecule has 2 aromatic carbocycles. The van der Waals surface area contributed by atoms with Gasteiger partial charge in [0, 0.05) is 55.9 Å². The van der Waals surface area contributed by atoms with Crippen molar-refractivity contribution < 1.29 is 9.59 Å². The van der Waals surface area contributed by atoms with Gasteiger partial charge in [-0.1, -0.05) is 30.3 Å². The first kappa shape index (κ1) is 20.7. The van der Waals surface area contributed by atoms with E-state index in [9.17, 15) is 9.59 Å². The number of para-hydroxylation sites is 1. The summed E-state index contributed by atoms with van der Waals surface area (Å²) >= 11 is 0. The van der Waals surface area contributed by atoms with Crippen LogP contribution in [0.15, 0.2) is 73.1 Å². The van der Waals surface area contributed by atoms with Crippen LogP contribution < -0.4 is 0 Å². The number of fused-ring (bicyclic) bond motifs is 3. The highest BCUT2D eigenvalue weighted by atomic mass is 16.2. The van der Waals surface area contributed by atoms with Gasteiger partial charge in [-0.2, -0.15) is 0 Å². The maximum absolute atomic E-state index is 13.4. The monoisotopic (exact) mass is 451 g/mol. The Morgan fingerprint density at radius 1 is 0.824 bits per heavy atom. The van der Waals surface area contributed by atoms with Gasteiger partial charge in [0.15, 0.2) is 0 Å². The van der Waals surface area contributed by atoms with Gasteiger partial charge in [-0.25, -0.2) is 0 Å². The van der Waals surface area contributed by atoms with Crippen molar-refractivity contribution in [3.63, 3.8) is 0 Å². The number of rotatable bonds is 4. The first-order valence-corrected chi connectivity index (χ1v) is 11.6. The minimum Gasteiger partial charge on any atom is -0.327 e. The van der Waals surface area contributed by atoms with Crippen LogP contribution in [0.3, 0.4) is 0 Å². The van der Waals surface area contributed by atoms with Gasteiger partial charge in [0.25, 0.3) is 0 Å². The van der Waals surface area contributed by atoms with E-state index < -0.39 is 6.04 Å². The van der Waals surface area contributed by atoms with Crippen LogP contribution >= 0.6 is 0 Å². The lowest BCUT2D eigenvalue weighted by molar-refractivity contribution is -0.160. The molecule has 6 rings (SSSR count). The summed E-state index contributed by atoms with van der Waals surface area (Å²) in [6.07, 6.45) is 3.60. The van der Waals surface area contributed by atoms with Crippen molar-refractivity contribution >= 4 is 33.6 Å². The third-order valence-corrected chi connectivity index (χ3v) is 6.80. The normalized spacial score (nSPS) is 19.1. The van der Waals surface area contributed by atoms with E-state index in [1.54, 1.807) is 22.2 Å². The molecule has 0 spiro atoms. The van der Waals surface area contributed by atoms with Crippen molar-refractivity contribution in [1.29, 1.82) is 0 Å². The summed E-state index contributed by atoms with van der Waals surface area (Å²) < 4.78 is 0. The quantitative estimate of drug-likeness (QED) is 0.477. The van der Waals surface area contributed by atoms with Crippen molar-refractivity contribution in [2.45, 2.75) is 19.1 Å². The fraction of sp³-hybridized carbons (Fsp3) is 0.259. The highest BCUT2D eigenvalue weighted by molar-refractivity contribution is 5.95. The molecule has 2 aliphatic rings. The molecule has 2 aliphatic heterocycles. The molecule has 1 unspecified atom stereocenters. The first-order valence-electron chi connectivity index (χ1n) is 11.6. The fourth-order valence-electron chi connectivity index (χ4n) is 5.07. The van der Waals surface area contributed by atoms with Gasteiger partial charge in [-0.3, -0.25) is 24.5 Å². The van der Waals surface area contributed by atoms with Crippen LogP contribution in [0.1, 0.15) is 11.1 Å². The molecule has 2 saturated heterocycles. The molecule has 170 valence electrons. The molecule has 2 amide bonds. The summed E-state index contributed by atoms with van der Waals surface area (Å²) in [5, 5.41) is 2.14. The van der Waals surface area contributed by atoms with E-state index in [0.717, 1.165) is 40.5 Å². The Kier molecular flexibility index (Phi) is 5.19. The predicted octanol–water partition coefficient (Wildman–Crippen LogP) is 2.84. The molecule has 4 heterocycles. The van der Waals surface area contributed by atoms with Crippen molar-refractivity contribution in [2.75, 3.05) is 26.2 Å².